The molecule has 0 N–H and O–H groups in total. The lowest BCUT2D eigenvalue weighted by molar-refractivity contribution is -0.125. The van der Waals surface area contributed by atoms with Crippen LogP contribution in [-0.2, 0) is 9.59 Å². The third-order valence-electron chi connectivity index (χ3n) is 2.19. The van der Waals surface area contributed by atoms with E-state index in [4.69, 9.17) is 0 Å². The van der Waals surface area contributed by atoms with Crippen LogP contribution in [0.25, 0.3) is 0 Å². The maximum Gasteiger partial charge on any atom is 0.298 e. The maximum absolute atomic E-state index is 10.8. The molecule has 1 aliphatic heterocycles. The highest BCUT2D eigenvalue weighted by Crippen LogP contribution is 1.99. The molecule has 0 aromatic rings. The Morgan fingerprint density at radius 3 is 2.33 bits per heavy atom. The molecule has 0 saturated carbocycles. The Bertz CT molecular complexity index is 174. The number of carbonyl (C=O) groups excluding carboxylic acids is 2. The molecule has 1 amide bonds. The van der Waals surface area contributed by atoms with Crippen LogP contribution in [-0.4, -0.2) is 54.7 Å². The average Bonchev–Trinajstić information content (AvgIpc) is 2.17. The van der Waals surface area contributed by atoms with E-state index in [9.17, 15) is 9.59 Å². The number of carbonyl (C=O) groups is 1. The molecule has 0 spiro atoms. The number of amides is 1. The average molecular weight is 169 g/mol. The van der Waals surface area contributed by atoms with Crippen LogP contribution < -0.4 is 0 Å². The van der Waals surface area contributed by atoms with Gasteiger partial charge in [-0.2, -0.15) is 0 Å². The second kappa shape index (κ2) is 4.21. The summed E-state index contributed by atoms with van der Waals surface area (Å²) in [7, 11) is 0. The summed E-state index contributed by atoms with van der Waals surface area (Å²) in [6.07, 6.45) is 1.39. The van der Waals surface area contributed by atoms with Gasteiger partial charge in [0.2, 0.25) is 0 Å². The first-order valence-electron chi connectivity index (χ1n) is 4.17. The van der Waals surface area contributed by atoms with Crippen LogP contribution >= 0.6 is 0 Å². The minimum atomic E-state index is -0.509. The van der Waals surface area contributed by atoms with E-state index in [-0.39, 0.29) is 0 Å². The van der Waals surface area contributed by atoms with Crippen LogP contribution in [0.15, 0.2) is 0 Å². The number of hydrogen-bond acceptors (Lipinski definition) is 3. The molecule has 0 unspecified atom stereocenters. The van der Waals surface area contributed by atoms with Gasteiger partial charge in [0.05, 0.1) is 0 Å². The minimum Gasteiger partial charge on any atom is -0.333 e. The van der Waals surface area contributed by atoms with E-state index in [0.29, 0.717) is 13.1 Å². The quantitative estimate of drug-likeness (QED) is 0.511. The van der Waals surface area contributed by atoms with Crippen molar-refractivity contribution in [1.82, 2.24) is 9.80 Å². The second-order valence-electron chi connectivity index (χ2n) is 2.83. The van der Waals surface area contributed by atoms with Gasteiger partial charge < -0.3 is 9.80 Å². The standard InChI is InChI=1S/C8H13N2O2/c1-2-9-3-5-10(6-4-9)8(12)7-11/h2-6H2,1H3. The maximum atomic E-state index is 10.8. The Balaban J connectivity index is 2.35. The number of nitrogens with zero attached hydrogens (tertiary/aromatic N) is 2. The molecule has 0 aliphatic carbocycles. The fourth-order valence-corrected chi connectivity index (χ4v) is 1.33. The summed E-state index contributed by atoms with van der Waals surface area (Å²) in [6.45, 7) is 6.13. The molecule has 1 saturated heterocycles. The van der Waals surface area contributed by atoms with E-state index in [2.05, 4.69) is 11.8 Å². The number of likely N-dealkylation sites (N-methyl/N-ethyl adjacent to an activating group) is 1. The minimum absolute atomic E-state index is 0.509. The Labute approximate surface area is 72.1 Å². The largest absolute Gasteiger partial charge is 0.333 e. The van der Waals surface area contributed by atoms with Crippen molar-refractivity contribution in [3.05, 3.63) is 0 Å². The van der Waals surface area contributed by atoms with Crippen molar-refractivity contribution < 1.29 is 9.59 Å². The fourth-order valence-electron chi connectivity index (χ4n) is 1.33. The predicted octanol–water partition coefficient (Wildman–Crippen LogP) is -0.740. The molecule has 0 atom stereocenters. The summed E-state index contributed by atoms with van der Waals surface area (Å²) in [4.78, 5) is 24.7. The van der Waals surface area contributed by atoms with Crippen molar-refractivity contribution >= 4 is 12.2 Å². The highest BCUT2D eigenvalue weighted by Gasteiger charge is 2.19. The SMILES string of the molecule is CCN1CCN(C(=O)[C]=O)CC1. The molecule has 1 heterocycles. The first-order chi connectivity index (χ1) is 5.77. The van der Waals surface area contributed by atoms with E-state index < -0.39 is 5.91 Å². The van der Waals surface area contributed by atoms with Crippen molar-refractivity contribution in [3.63, 3.8) is 0 Å². The predicted molar refractivity (Wildman–Crippen MR) is 44.4 cm³/mol. The topological polar surface area (TPSA) is 40.6 Å². The van der Waals surface area contributed by atoms with Crippen LogP contribution in [0.2, 0.25) is 0 Å². The molecule has 12 heavy (non-hydrogen) atoms. The zero-order chi connectivity index (χ0) is 8.97. The monoisotopic (exact) mass is 169 g/mol. The van der Waals surface area contributed by atoms with E-state index in [1.165, 1.54) is 6.29 Å². The molecule has 4 heteroatoms. The zero-order valence-electron chi connectivity index (χ0n) is 7.25. The number of hydrogen-bond donors (Lipinski definition) is 0. The lowest BCUT2D eigenvalue weighted by atomic mass is 10.3. The number of piperazine rings is 1. The molecule has 0 aromatic heterocycles. The van der Waals surface area contributed by atoms with Gasteiger partial charge in [-0.1, -0.05) is 6.92 Å². The first kappa shape index (κ1) is 9.19. The third-order valence-corrected chi connectivity index (χ3v) is 2.19. The fraction of sp³-hybridized carbons (Fsp3) is 0.750. The summed E-state index contributed by atoms with van der Waals surface area (Å²) in [5.41, 5.74) is 0. The highest BCUT2D eigenvalue weighted by atomic mass is 16.2. The van der Waals surface area contributed by atoms with Gasteiger partial charge in [-0.25, -0.2) is 0 Å². The van der Waals surface area contributed by atoms with E-state index in [1.54, 1.807) is 4.90 Å². The Hall–Kier alpha value is -0.900. The summed E-state index contributed by atoms with van der Waals surface area (Å²) >= 11 is 0. The molecular weight excluding hydrogens is 156 g/mol. The van der Waals surface area contributed by atoms with Crippen molar-refractivity contribution in [2.24, 2.45) is 0 Å². The Morgan fingerprint density at radius 1 is 1.33 bits per heavy atom. The van der Waals surface area contributed by atoms with Gasteiger partial charge in [0.1, 0.15) is 0 Å². The van der Waals surface area contributed by atoms with Gasteiger partial charge in [0, 0.05) is 26.2 Å². The van der Waals surface area contributed by atoms with Crippen LogP contribution in [0.5, 0.6) is 0 Å². The first-order valence-corrected chi connectivity index (χ1v) is 4.17. The molecule has 1 aliphatic rings. The molecule has 67 valence electrons. The van der Waals surface area contributed by atoms with Gasteiger partial charge in [-0.15, -0.1) is 0 Å². The third kappa shape index (κ3) is 2.04. The number of rotatable bonds is 2. The smallest absolute Gasteiger partial charge is 0.298 e. The zero-order valence-corrected chi connectivity index (χ0v) is 7.25. The lowest BCUT2D eigenvalue weighted by Crippen LogP contribution is -2.48. The molecular formula is C8H13N2O2. The van der Waals surface area contributed by atoms with Gasteiger partial charge in [0.15, 0.2) is 0 Å². The van der Waals surface area contributed by atoms with Crippen molar-refractivity contribution in [2.45, 2.75) is 6.92 Å². The van der Waals surface area contributed by atoms with Crippen molar-refractivity contribution in [1.29, 1.82) is 0 Å². The molecule has 1 fully saturated rings. The molecule has 0 bridgehead atoms. The summed E-state index contributed by atoms with van der Waals surface area (Å²) in [5, 5.41) is 0. The van der Waals surface area contributed by atoms with Crippen molar-refractivity contribution in [2.75, 3.05) is 32.7 Å². The van der Waals surface area contributed by atoms with Gasteiger partial charge >= 0.3 is 0 Å². The van der Waals surface area contributed by atoms with E-state index in [0.717, 1.165) is 19.6 Å². The normalized spacial score (nSPS) is 19.2. The van der Waals surface area contributed by atoms with Gasteiger partial charge in [-0.05, 0) is 6.54 Å². The van der Waals surface area contributed by atoms with Crippen LogP contribution in [0.3, 0.4) is 0 Å². The summed E-state index contributed by atoms with van der Waals surface area (Å²) < 4.78 is 0. The Kier molecular flexibility index (Phi) is 3.22. The summed E-state index contributed by atoms with van der Waals surface area (Å²) in [5.74, 6) is -0.509. The van der Waals surface area contributed by atoms with Crippen LogP contribution in [0, 0.1) is 0 Å². The molecule has 1 radical (unpaired) electrons. The van der Waals surface area contributed by atoms with Crippen molar-refractivity contribution in [3.8, 4) is 0 Å². The molecule has 0 aromatic carbocycles. The van der Waals surface area contributed by atoms with Crippen LogP contribution in [0.4, 0.5) is 0 Å². The van der Waals surface area contributed by atoms with Gasteiger partial charge in [-0.3, -0.25) is 9.59 Å². The highest BCUT2D eigenvalue weighted by molar-refractivity contribution is 6.23. The lowest BCUT2D eigenvalue weighted by Gasteiger charge is -2.32. The van der Waals surface area contributed by atoms with E-state index in [1.807, 2.05) is 0 Å². The van der Waals surface area contributed by atoms with E-state index >= 15 is 0 Å². The molecule has 4 nitrogen and oxygen atoms in total. The second-order valence-corrected chi connectivity index (χ2v) is 2.83. The Morgan fingerprint density at radius 2 is 1.92 bits per heavy atom. The molecule has 1 rings (SSSR count). The summed E-state index contributed by atoms with van der Waals surface area (Å²) in [6, 6.07) is 0. The van der Waals surface area contributed by atoms with Gasteiger partial charge in [0.25, 0.3) is 12.2 Å². The van der Waals surface area contributed by atoms with Crippen LogP contribution in [0.1, 0.15) is 6.92 Å².